The van der Waals surface area contributed by atoms with Crippen molar-refractivity contribution in [3.05, 3.63) is 70.8 Å². The topological polar surface area (TPSA) is 23.6 Å². The van der Waals surface area contributed by atoms with Gasteiger partial charge in [-0.25, -0.2) is 8.78 Å². The fraction of sp³-hybridized carbons (Fsp3) is 0.350. The van der Waals surface area contributed by atoms with Gasteiger partial charge in [-0.1, -0.05) is 24.3 Å². The Hall–Kier alpha value is -2.27. The van der Waals surface area contributed by atoms with Crippen molar-refractivity contribution in [1.29, 1.82) is 0 Å². The van der Waals surface area contributed by atoms with Gasteiger partial charge in [0.2, 0.25) is 5.91 Å². The number of likely N-dealkylation sites (N-methyl/N-ethyl adjacent to an activating group) is 2. The van der Waals surface area contributed by atoms with Gasteiger partial charge in [0.1, 0.15) is 11.6 Å². The summed E-state index contributed by atoms with van der Waals surface area (Å²) in [7, 11) is 3.48. The molecule has 0 bridgehead atoms. The summed E-state index contributed by atoms with van der Waals surface area (Å²) < 4.78 is 27.3. The zero-order valence-electron chi connectivity index (χ0n) is 15.1. The Labute approximate surface area is 147 Å². The van der Waals surface area contributed by atoms with E-state index in [0.29, 0.717) is 6.54 Å². The van der Waals surface area contributed by atoms with E-state index in [4.69, 9.17) is 0 Å². The zero-order chi connectivity index (χ0) is 18.6. The predicted octanol–water partition coefficient (Wildman–Crippen LogP) is 3.92. The Balaban J connectivity index is 2.01. The standard InChI is InChI=1S/C20H24F2N2O/c1-14-7-5-6-8-16(14)12-24(4)20(25)13-23(3)15(2)18-11-17(21)9-10-19(18)22/h5-11,15H,12-13H2,1-4H3/t15-/m0/s1. The molecule has 0 aliphatic carbocycles. The largest absolute Gasteiger partial charge is 0.340 e. The Morgan fingerprint density at radius 2 is 1.80 bits per heavy atom. The molecule has 0 saturated heterocycles. The van der Waals surface area contributed by atoms with E-state index in [1.54, 1.807) is 30.8 Å². The average molecular weight is 346 g/mol. The van der Waals surface area contributed by atoms with Gasteiger partial charge in [-0.3, -0.25) is 9.69 Å². The van der Waals surface area contributed by atoms with E-state index in [9.17, 15) is 13.6 Å². The van der Waals surface area contributed by atoms with Gasteiger partial charge < -0.3 is 4.90 Å². The molecule has 0 spiro atoms. The number of aryl methyl sites for hydroxylation is 1. The molecule has 0 aliphatic heterocycles. The number of carbonyl (C=O) groups excluding carboxylic acids is 1. The van der Waals surface area contributed by atoms with Gasteiger partial charge in [-0.15, -0.1) is 0 Å². The number of rotatable bonds is 6. The number of amides is 1. The number of hydrogen-bond donors (Lipinski definition) is 0. The molecule has 1 amide bonds. The van der Waals surface area contributed by atoms with Crippen LogP contribution in [0.5, 0.6) is 0 Å². The summed E-state index contributed by atoms with van der Waals surface area (Å²) in [6.45, 7) is 4.41. The first-order valence-electron chi connectivity index (χ1n) is 8.23. The lowest BCUT2D eigenvalue weighted by Gasteiger charge is -2.27. The van der Waals surface area contributed by atoms with E-state index in [0.717, 1.165) is 23.3 Å². The van der Waals surface area contributed by atoms with Gasteiger partial charge in [-0.05, 0) is 50.2 Å². The minimum absolute atomic E-state index is 0.0746. The second kappa shape index (κ2) is 8.21. The molecule has 3 nitrogen and oxygen atoms in total. The Kier molecular flexibility index (Phi) is 6.26. The van der Waals surface area contributed by atoms with Gasteiger partial charge >= 0.3 is 0 Å². The molecular formula is C20H24F2N2O. The molecule has 0 radical (unpaired) electrons. The predicted molar refractivity (Wildman–Crippen MR) is 95.1 cm³/mol. The van der Waals surface area contributed by atoms with Gasteiger partial charge in [0.25, 0.3) is 0 Å². The minimum Gasteiger partial charge on any atom is -0.340 e. The van der Waals surface area contributed by atoms with Crippen LogP contribution in [0.2, 0.25) is 0 Å². The molecule has 5 heteroatoms. The molecule has 2 rings (SSSR count). The fourth-order valence-corrected chi connectivity index (χ4v) is 2.67. The smallest absolute Gasteiger partial charge is 0.236 e. The van der Waals surface area contributed by atoms with Gasteiger partial charge in [-0.2, -0.15) is 0 Å². The molecule has 0 aliphatic rings. The zero-order valence-corrected chi connectivity index (χ0v) is 15.1. The van der Waals surface area contributed by atoms with Gasteiger partial charge in [0.15, 0.2) is 0 Å². The monoisotopic (exact) mass is 346 g/mol. The molecule has 0 N–H and O–H groups in total. The van der Waals surface area contributed by atoms with Crippen molar-refractivity contribution in [3.63, 3.8) is 0 Å². The van der Waals surface area contributed by atoms with Gasteiger partial charge in [0, 0.05) is 25.2 Å². The first-order chi connectivity index (χ1) is 11.8. The molecule has 25 heavy (non-hydrogen) atoms. The lowest BCUT2D eigenvalue weighted by atomic mass is 10.1. The Morgan fingerprint density at radius 3 is 2.48 bits per heavy atom. The summed E-state index contributed by atoms with van der Waals surface area (Å²) in [6.07, 6.45) is 0. The molecular weight excluding hydrogens is 322 g/mol. The summed E-state index contributed by atoms with van der Waals surface area (Å²) >= 11 is 0. The molecule has 2 aromatic rings. The van der Waals surface area contributed by atoms with Crippen molar-refractivity contribution in [2.24, 2.45) is 0 Å². The van der Waals surface area contributed by atoms with Gasteiger partial charge in [0.05, 0.1) is 6.54 Å². The summed E-state index contributed by atoms with van der Waals surface area (Å²) in [5.41, 5.74) is 2.47. The van der Waals surface area contributed by atoms with Crippen LogP contribution in [-0.4, -0.2) is 36.3 Å². The van der Waals surface area contributed by atoms with E-state index >= 15 is 0 Å². The van der Waals surface area contributed by atoms with Crippen LogP contribution in [0.4, 0.5) is 8.78 Å². The molecule has 134 valence electrons. The van der Waals surface area contributed by atoms with Crippen molar-refractivity contribution in [2.45, 2.75) is 26.4 Å². The molecule has 1 atom stereocenters. The van der Waals surface area contributed by atoms with Crippen molar-refractivity contribution < 1.29 is 13.6 Å². The molecule has 0 saturated carbocycles. The summed E-state index contributed by atoms with van der Waals surface area (Å²) in [5.74, 6) is -1.03. The van der Waals surface area contributed by atoms with Crippen molar-refractivity contribution in [1.82, 2.24) is 9.80 Å². The normalized spacial score (nSPS) is 12.3. The van der Waals surface area contributed by atoms with E-state index in [1.807, 2.05) is 31.2 Å². The highest BCUT2D eigenvalue weighted by Crippen LogP contribution is 2.22. The molecule has 0 aromatic heterocycles. The van der Waals surface area contributed by atoms with Crippen LogP contribution in [0.3, 0.4) is 0 Å². The number of hydrogen-bond acceptors (Lipinski definition) is 2. The third kappa shape index (κ3) is 4.86. The number of nitrogens with zero attached hydrogens (tertiary/aromatic N) is 2. The Morgan fingerprint density at radius 1 is 1.12 bits per heavy atom. The SMILES string of the molecule is Cc1ccccc1CN(C)C(=O)CN(C)[C@@H](C)c1cc(F)ccc1F. The van der Waals surface area contributed by atoms with Crippen molar-refractivity contribution in [3.8, 4) is 0 Å². The van der Waals surface area contributed by atoms with Crippen molar-refractivity contribution in [2.75, 3.05) is 20.6 Å². The third-order valence-electron chi connectivity index (χ3n) is 4.55. The summed E-state index contributed by atoms with van der Waals surface area (Å²) in [5, 5.41) is 0. The summed E-state index contributed by atoms with van der Waals surface area (Å²) in [6, 6.07) is 10.9. The number of halogens is 2. The summed E-state index contributed by atoms with van der Waals surface area (Å²) in [4.78, 5) is 15.8. The maximum atomic E-state index is 13.9. The highest BCUT2D eigenvalue weighted by molar-refractivity contribution is 5.78. The highest BCUT2D eigenvalue weighted by Gasteiger charge is 2.20. The highest BCUT2D eigenvalue weighted by atomic mass is 19.1. The first kappa shape index (κ1) is 19.1. The van der Waals surface area contributed by atoms with E-state index in [2.05, 4.69) is 0 Å². The number of carbonyl (C=O) groups is 1. The fourth-order valence-electron chi connectivity index (χ4n) is 2.67. The van der Waals surface area contributed by atoms with Crippen LogP contribution < -0.4 is 0 Å². The minimum atomic E-state index is -0.486. The number of benzene rings is 2. The van der Waals surface area contributed by atoms with Crippen LogP contribution in [0.1, 0.15) is 29.7 Å². The van der Waals surface area contributed by atoms with Crippen molar-refractivity contribution >= 4 is 5.91 Å². The maximum Gasteiger partial charge on any atom is 0.236 e. The second-order valence-electron chi connectivity index (χ2n) is 6.43. The lowest BCUT2D eigenvalue weighted by molar-refractivity contribution is -0.131. The lowest BCUT2D eigenvalue weighted by Crippen LogP contribution is -2.37. The van der Waals surface area contributed by atoms with Crippen LogP contribution in [0.25, 0.3) is 0 Å². The second-order valence-corrected chi connectivity index (χ2v) is 6.43. The van der Waals surface area contributed by atoms with E-state index < -0.39 is 17.7 Å². The maximum absolute atomic E-state index is 13.9. The van der Waals surface area contributed by atoms with E-state index in [-0.39, 0.29) is 18.0 Å². The average Bonchev–Trinajstić information content (AvgIpc) is 2.58. The molecule has 2 aromatic carbocycles. The molecule has 0 unspecified atom stereocenters. The van der Waals surface area contributed by atoms with Crippen LogP contribution >= 0.6 is 0 Å². The quantitative estimate of drug-likeness (QED) is 0.791. The Bertz CT molecular complexity index is 748. The van der Waals surface area contributed by atoms with Crippen LogP contribution in [0.15, 0.2) is 42.5 Å². The molecule has 0 heterocycles. The van der Waals surface area contributed by atoms with E-state index in [1.165, 1.54) is 6.07 Å². The third-order valence-corrected chi connectivity index (χ3v) is 4.55. The van der Waals surface area contributed by atoms with Crippen LogP contribution in [-0.2, 0) is 11.3 Å². The molecule has 0 fully saturated rings. The first-order valence-corrected chi connectivity index (χ1v) is 8.23. The van der Waals surface area contributed by atoms with Crippen LogP contribution in [0, 0.1) is 18.6 Å².